The number of phenols is 1. The maximum absolute atomic E-state index is 14.3. The Bertz CT molecular complexity index is 2160. The van der Waals surface area contributed by atoms with Gasteiger partial charge in [-0.2, -0.15) is 0 Å². The smallest absolute Gasteiger partial charge is 0.238 e. The van der Waals surface area contributed by atoms with E-state index in [0.717, 1.165) is 5.52 Å². The lowest BCUT2D eigenvalue weighted by Gasteiger charge is -2.42. The highest BCUT2D eigenvalue weighted by Crippen LogP contribution is 2.58. The Morgan fingerprint density at radius 3 is 2.46 bits per heavy atom. The van der Waals surface area contributed by atoms with Crippen molar-refractivity contribution in [1.82, 2.24) is 4.98 Å². The van der Waals surface area contributed by atoms with Crippen LogP contribution >= 0.6 is 15.9 Å². The number of carbonyl (C=O) groups is 4. The number of imide groups is 1. The van der Waals surface area contributed by atoms with E-state index in [1.54, 1.807) is 30.3 Å². The van der Waals surface area contributed by atoms with E-state index < -0.39 is 23.7 Å². The molecule has 0 spiro atoms. The number of ether oxygens (including phenoxy) is 2. The normalized spacial score (nSPS) is 23.5. The van der Waals surface area contributed by atoms with Crippen molar-refractivity contribution in [1.29, 1.82) is 0 Å². The second-order valence-electron chi connectivity index (χ2n) is 12.2. The number of para-hydroxylation sites is 2. The third-order valence-corrected chi connectivity index (χ3v) is 10.4. The molecular formula is C37H27BrN2O8. The first-order valence-corrected chi connectivity index (χ1v) is 16.2. The molecule has 1 aliphatic heterocycles. The summed E-state index contributed by atoms with van der Waals surface area (Å²) in [4.78, 5) is 61.2. The van der Waals surface area contributed by atoms with Crippen molar-refractivity contribution in [3.8, 4) is 28.7 Å². The maximum Gasteiger partial charge on any atom is 0.238 e. The maximum atomic E-state index is 14.3. The molecule has 1 aromatic heterocycles. The number of aromatic hydroxyl groups is 1. The minimum atomic E-state index is -0.888. The molecule has 3 aliphatic carbocycles. The third kappa shape index (κ3) is 4.41. The van der Waals surface area contributed by atoms with E-state index in [4.69, 9.17) is 13.9 Å². The molecule has 4 atom stereocenters. The first kappa shape index (κ1) is 30.1. The van der Waals surface area contributed by atoms with Gasteiger partial charge in [-0.15, -0.1) is 0 Å². The molecule has 1 saturated heterocycles. The lowest BCUT2D eigenvalue weighted by atomic mass is 9.59. The molecule has 2 amide bonds. The number of Topliss-reactive ketones (excluding diaryl/α,β-unsaturated/α-hetero) is 1. The summed E-state index contributed by atoms with van der Waals surface area (Å²) in [6, 6.07) is 17.4. The number of allylic oxidation sites excluding steroid dienone is 6. The zero-order valence-corrected chi connectivity index (χ0v) is 27.3. The van der Waals surface area contributed by atoms with Crippen LogP contribution < -0.4 is 14.4 Å². The molecule has 10 nitrogen and oxygen atoms in total. The summed E-state index contributed by atoms with van der Waals surface area (Å²) in [5.74, 6) is -3.55. The van der Waals surface area contributed by atoms with Gasteiger partial charge in [0.05, 0.1) is 36.2 Å². The van der Waals surface area contributed by atoms with Gasteiger partial charge in [-0.3, -0.25) is 24.1 Å². The highest BCUT2D eigenvalue weighted by atomic mass is 79.9. The lowest BCUT2D eigenvalue weighted by Crippen LogP contribution is -2.39. The molecule has 4 aliphatic rings. The van der Waals surface area contributed by atoms with Gasteiger partial charge in [-0.05, 0) is 71.1 Å². The summed E-state index contributed by atoms with van der Waals surface area (Å²) in [6.07, 6.45) is 3.47. The van der Waals surface area contributed by atoms with Crippen LogP contribution in [0.3, 0.4) is 0 Å². The van der Waals surface area contributed by atoms with Crippen LogP contribution in [-0.2, 0) is 19.2 Å². The number of oxazole rings is 1. The zero-order valence-electron chi connectivity index (χ0n) is 25.7. The van der Waals surface area contributed by atoms with Crippen LogP contribution in [0.1, 0.15) is 24.3 Å². The van der Waals surface area contributed by atoms with Gasteiger partial charge in [0.15, 0.2) is 17.1 Å². The van der Waals surface area contributed by atoms with Crippen LogP contribution in [0.5, 0.6) is 17.2 Å². The third-order valence-electron chi connectivity index (χ3n) is 9.84. The Kier molecular flexibility index (Phi) is 6.99. The Morgan fingerprint density at radius 1 is 0.958 bits per heavy atom. The quantitative estimate of drug-likeness (QED) is 0.146. The predicted octanol–water partition coefficient (Wildman–Crippen LogP) is 6.18. The summed E-state index contributed by atoms with van der Waals surface area (Å²) < 4.78 is 17.0. The standard InChI is InChI=1S/C37H27BrN2O8/c1-46-19-13-26(41)33(29(14-19)47-2)32-20-11-12-21-30(22(20)15-23-31(32)27(42)16-24(38)34(23)43)37(45)40(36(21)44)18-9-7-17(8-10-18)35-39-25-5-3-4-6-28(25)48-35/h3-11,13-14,16,21-22,30,32,41H,12,15H2,1-2H3. The van der Waals surface area contributed by atoms with Crippen LogP contribution in [0.2, 0.25) is 0 Å². The van der Waals surface area contributed by atoms with Gasteiger partial charge in [-0.25, -0.2) is 4.98 Å². The van der Waals surface area contributed by atoms with E-state index in [1.807, 2.05) is 30.3 Å². The second-order valence-corrected chi connectivity index (χ2v) is 13.1. The number of fused-ring (bicyclic) bond motifs is 4. The number of halogens is 1. The number of hydrogen-bond donors (Lipinski definition) is 1. The second kappa shape index (κ2) is 11.2. The highest BCUT2D eigenvalue weighted by Gasteiger charge is 2.57. The summed E-state index contributed by atoms with van der Waals surface area (Å²) in [7, 11) is 2.90. The topological polar surface area (TPSA) is 136 Å². The van der Waals surface area contributed by atoms with E-state index >= 15 is 0 Å². The van der Waals surface area contributed by atoms with Gasteiger partial charge in [0.2, 0.25) is 17.7 Å². The van der Waals surface area contributed by atoms with E-state index in [-0.39, 0.29) is 68.9 Å². The molecule has 1 fully saturated rings. The summed E-state index contributed by atoms with van der Waals surface area (Å²) in [6.45, 7) is 0. The summed E-state index contributed by atoms with van der Waals surface area (Å²) >= 11 is 3.24. The van der Waals surface area contributed by atoms with Gasteiger partial charge in [0.25, 0.3) is 0 Å². The monoisotopic (exact) mass is 706 g/mol. The molecule has 0 radical (unpaired) electrons. The molecule has 0 saturated carbocycles. The first-order chi connectivity index (χ1) is 23.2. The molecule has 4 unspecified atom stereocenters. The number of amides is 2. The Labute approximate surface area is 282 Å². The number of rotatable bonds is 5. The molecule has 48 heavy (non-hydrogen) atoms. The lowest BCUT2D eigenvalue weighted by molar-refractivity contribution is -0.123. The number of carbonyl (C=O) groups excluding carboxylic acids is 4. The van der Waals surface area contributed by atoms with Crippen LogP contribution in [0.25, 0.3) is 22.6 Å². The van der Waals surface area contributed by atoms with E-state index in [0.29, 0.717) is 34.0 Å². The molecule has 4 aromatic rings. The van der Waals surface area contributed by atoms with Crippen LogP contribution in [-0.4, -0.2) is 47.7 Å². The number of ketones is 2. The molecule has 11 heteroatoms. The number of anilines is 1. The van der Waals surface area contributed by atoms with Gasteiger partial charge in [0, 0.05) is 46.4 Å². The van der Waals surface area contributed by atoms with Gasteiger partial charge in [-0.1, -0.05) is 23.8 Å². The first-order valence-electron chi connectivity index (χ1n) is 15.4. The fraction of sp³-hybridized carbons (Fsp3) is 0.216. The van der Waals surface area contributed by atoms with E-state index in [2.05, 4.69) is 20.9 Å². The number of hydrogen-bond acceptors (Lipinski definition) is 9. The molecule has 8 rings (SSSR count). The molecule has 3 aromatic carbocycles. The molecular weight excluding hydrogens is 680 g/mol. The number of methoxy groups -OCH3 is 2. The van der Waals surface area contributed by atoms with Crippen LogP contribution in [0, 0.1) is 17.8 Å². The van der Waals surface area contributed by atoms with Gasteiger partial charge >= 0.3 is 0 Å². The van der Waals surface area contributed by atoms with E-state index in [9.17, 15) is 24.3 Å². The van der Waals surface area contributed by atoms with Crippen molar-refractivity contribution in [3.63, 3.8) is 0 Å². The van der Waals surface area contributed by atoms with Crippen molar-refractivity contribution < 1.29 is 38.2 Å². The molecule has 0 bridgehead atoms. The number of aromatic nitrogens is 1. The van der Waals surface area contributed by atoms with Crippen molar-refractivity contribution in [2.75, 3.05) is 19.1 Å². The SMILES string of the molecule is COc1cc(O)c(C2C3=CCC4C(=O)N(c5ccc(-c6nc7ccccc7o6)cc5)C(=O)C4C3CC3=C2C(=O)C=C(Br)C3=O)c(OC)c1. The van der Waals surface area contributed by atoms with E-state index in [1.165, 1.54) is 31.3 Å². The molecule has 1 N–H and O–H groups in total. The minimum Gasteiger partial charge on any atom is -0.507 e. The van der Waals surface area contributed by atoms with Crippen molar-refractivity contribution >= 4 is 56.1 Å². The summed E-state index contributed by atoms with van der Waals surface area (Å²) in [5.41, 5.74) is 3.94. The number of phenolic OH excluding ortho intramolecular Hbond substituents is 1. The molecule has 2 heterocycles. The Balaban J connectivity index is 1.19. The fourth-order valence-corrected chi connectivity index (χ4v) is 8.15. The molecule has 240 valence electrons. The zero-order chi connectivity index (χ0) is 33.4. The van der Waals surface area contributed by atoms with Crippen molar-refractivity contribution in [3.05, 3.63) is 99.6 Å². The van der Waals surface area contributed by atoms with Crippen LogP contribution in [0.4, 0.5) is 5.69 Å². The summed E-state index contributed by atoms with van der Waals surface area (Å²) in [5, 5.41) is 11.3. The van der Waals surface area contributed by atoms with Gasteiger partial charge < -0.3 is 19.0 Å². The Morgan fingerprint density at radius 2 is 1.73 bits per heavy atom. The average Bonchev–Trinajstić information content (AvgIpc) is 3.64. The predicted molar refractivity (Wildman–Crippen MR) is 178 cm³/mol. The minimum absolute atomic E-state index is 0.0924. The van der Waals surface area contributed by atoms with Crippen LogP contribution in [0.15, 0.2) is 98.4 Å². The largest absolute Gasteiger partial charge is 0.507 e. The van der Waals surface area contributed by atoms with Crippen molar-refractivity contribution in [2.45, 2.75) is 18.8 Å². The van der Waals surface area contributed by atoms with Crippen molar-refractivity contribution in [2.24, 2.45) is 17.8 Å². The highest BCUT2D eigenvalue weighted by molar-refractivity contribution is 9.12. The fourth-order valence-electron chi connectivity index (χ4n) is 7.71. The van der Waals surface area contributed by atoms with Gasteiger partial charge in [0.1, 0.15) is 22.8 Å². The average molecular weight is 708 g/mol. The number of benzene rings is 3. The Hall–Kier alpha value is -5.29. The number of nitrogens with zero attached hydrogens (tertiary/aromatic N) is 2.